The molecule has 0 unspecified atom stereocenters. The molecular formula is C22H27NO3. The number of benzene rings is 2. The molecule has 0 saturated carbocycles. The van der Waals surface area contributed by atoms with Crippen molar-refractivity contribution in [3.63, 3.8) is 0 Å². The van der Waals surface area contributed by atoms with Crippen molar-refractivity contribution in [2.75, 3.05) is 18.5 Å². The van der Waals surface area contributed by atoms with E-state index >= 15 is 0 Å². The molecule has 138 valence electrons. The Morgan fingerprint density at radius 2 is 1.81 bits per heavy atom. The molecule has 1 amide bonds. The molecule has 0 bridgehead atoms. The molecule has 0 saturated heterocycles. The van der Waals surface area contributed by atoms with Gasteiger partial charge in [0.2, 0.25) is 0 Å². The molecular weight excluding hydrogens is 326 g/mol. The van der Waals surface area contributed by atoms with Crippen LogP contribution in [-0.2, 0) is 0 Å². The highest BCUT2D eigenvalue weighted by atomic mass is 16.5. The van der Waals surface area contributed by atoms with Crippen molar-refractivity contribution in [3.8, 4) is 11.5 Å². The average molecular weight is 353 g/mol. The molecule has 0 aromatic heterocycles. The molecule has 4 heteroatoms. The van der Waals surface area contributed by atoms with Crippen LogP contribution in [0.1, 0.15) is 37.6 Å². The second-order valence-corrected chi connectivity index (χ2v) is 6.78. The first kappa shape index (κ1) is 19.6. The molecule has 0 atom stereocenters. The highest BCUT2D eigenvalue weighted by molar-refractivity contribution is 6.04. The number of carbonyl (C=O) groups is 1. The van der Waals surface area contributed by atoms with Gasteiger partial charge in [-0.3, -0.25) is 4.79 Å². The fourth-order valence-corrected chi connectivity index (χ4v) is 2.19. The van der Waals surface area contributed by atoms with Crippen LogP contribution in [0.2, 0.25) is 0 Å². The molecule has 0 radical (unpaired) electrons. The molecule has 0 aliphatic heterocycles. The van der Waals surface area contributed by atoms with Gasteiger partial charge in [-0.25, -0.2) is 0 Å². The Hall–Kier alpha value is -2.75. The molecule has 0 aliphatic rings. The van der Waals surface area contributed by atoms with E-state index in [1.165, 1.54) is 0 Å². The number of hydrogen-bond donors (Lipinski definition) is 1. The van der Waals surface area contributed by atoms with Crippen molar-refractivity contribution in [2.45, 2.75) is 27.2 Å². The Balaban J connectivity index is 1.93. The number of nitrogens with one attached hydrogen (secondary N) is 1. The minimum atomic E-state index is -0.171. The highest BCUT2D eigenvalue weighted by Crippen LogP contribution is 2.19. The summed E-state index contributed by atoms with van der Waals surface area (Å²) in [5.41, 5.74) is 2.22. The molecule has 1 N–H and O–H groups in total. The maximum atomic E-state index is 12.4. The van der Waals surface area contributed by atoms with Crippen LogP contribution in [0.25, 0.3) is 0 Å². The van der Waals surface area contributed by atoms with Crippen molar-refractivity contribution < 1.29 is 14.3 Å². The predicted octanol–water partition coefficient (Wildman–Crippen LogP) is 5.32. The number of carbonyl (C=O) groups excluding carboxylic acids is 1. The summed E-state index contributed by atoms with van der Waals surface area (Å²) in [5.74, 6) is 1.90. The standard InChI is InChI=1S/C22H27NO3/c1-16(2)12-13-25-21-7-5-6-19(14-21)23-22(24)18-8-10-20(11-9-18)26-15-17(3)4/h5-11,14,16H,3,12-13,15H2,1-2,4H3,(H,23,24). The number of amides is 1. The average Bonchev–Trinajstić information content (AvgIpc) is 2.60. The monoisotopic (exact) mass is 353 g/mol. The van der Waals surface area contributed by atoms with Gasteiger partial charge in [0.05, 0.1) is 6.61 Å². The van der Waals surface area contributed by atoms with Gasteiger partial charge in [-0.2, -0.15) is 0 Å². The van der Waals surface area contributed by atoms with E-state index in [1.54, 1.807) is 24.3 Å². The van der Waals surface area contributed by atoms with Gasteiger partial charge in [-0.15, -0.1) is 0 Å². The van der Waals surface area contributed by atoms with Crippen LogP contribution in [0.5, 0.6) is 11.5 Å². The molecule has 26 heavy (non-hydrogen) atoms. The Labute approximate surface area is 155 Å². The summed E-state index contributed by atoms with van der Waals surface area (Å²) >= 11 is 0. The third kappa shape index (κ3) is 6.63. The molecule has 2 rings (SSSR count). The number of rotatable bonds is 9. The van der Waals surface area contributed by atoms with E-state index in [4.69, 9.17) is 9.47 Å². The van der Waals surface area contributed by atoms with E-state index in [0.29, 0.717) is 36.1 Å². The summed E-state index contributed by atoms with van der Waals surface area (Å²) in [6.45, 7) is 11.2. The van der Waals surface area contributed by atoms with Crippen LogP contribution >= 0.6 is 0 Å². The van der Waals surface area contributed by atoms with Gasteiger partial charge in [-0.05, 0) is 61.2 Å². The summed E-state index contributed by atoms with van der Waals surface area (Å²) < 4.78 is 11.3. The van der Waals surface area contributed by atoms with Gasteiger partial charge >= 0.3 is 0 Å². The van der Waals surface area contributed by atoms with E-state index in [-0.39, 0.29) is 5.91 Å². The van der Waals surface area contributed by atoms with Crippen molar-refractivity contribution in [3.05, 3.63) is 66.2 Å². The Kier molecular flexibility index (Phi) is 7.27. The summed E-state index contributed by atoms with van der Waals surface area (Å²) in [5, 5.41) is 2.89. The maximum Gasteiger partial charge on any atom is 0.255 e. The fourth-order valence-electron chi connectivity index (χ4n) is 2.19. The molecule has 0 aliphatic carbocycles. The second kappa shape index (κ2) is 9.66. The van der Waals surface area contributed by atoms with E-state index in [0.717, 1.165) is 17.7 Å². The SMILES string of the molecule is C=C(C)COc1ccc(C(=O)Nc2cccc(OCCC(C)C)c2)cc1. The van der Waals surface area contributed by atoms with E-state index in [1.807, 2.05) is 31.2 Å². The normalized spacial score (nSPS) is 10.5. The minimum absolute atomic E-state index is 0.171. The Morgan fingerprint density at radius 3 is 2.46 bits per heavy atom. The van der Waals surface area contributed by atoms with Crippen molar-refractivity contribution in [1.29, 1.82) is 0 Å². The zero-order valence-electron chi connectivity index (χ0n) is 15.7. The van der Waals surface area contributed by atoms with E-state index in [2.05, 4.69) is 25.7 Å². The minimum Gasteiger partial charge on any atom is -0.494 e. The maximum absolute atomic E-state index is 12.4. The van der Waals surface area contributed by atoms with Gasteiger partial charge in [-0.1, -0.05) is 26.5 Å². The smallest absolute Gasteiger partial charge is 0.255 e. The van der Waals surface area contributed by atoms with Crippen LogP contribution in [0.15, 0.2) is 60.7 Å². The summed E-state index contributed by atoms with van der Waals surface area (Å²) in [7, 11) is 0. The first-order valence-electron chi connectivity index (χ1n) is 8.85. The lowest BCUT2D eigenvalue weighted by Gasteiger charge is -2.11. The van der Waals surface area contributed by atoms with Crippen LogP contribution < -0.4 is 14.8 Å². The first-order chi connectivity index (χ1) is 12.4. The lowest BCUT2D eigenvalue weighted by atomic mass is 10.1. The fraction of sp³-hybridized carbons (Fsp3) is 0.318. The predicted molar refractivity (Wildman–Crippen MR) is 106 cm³/mol. The van der Waals surface area contributed by atoms with Crippen molar-refractivity contribution >= 4 is 11.6 Å². The number of ether oxygens (including phenoxy) is 2. The van der Waals surface area contributed by atoms with Crippen LogP contribution in [0.3, 0.4) is 0 Å². The molecule has 0 fully saturated rings. The number of anilines is 1. The van der Waals surface area contributed by atoms with Crippen LogP contribution in [0, 0.1) is 5.92 Å². The van der Waals surface area contributed by atoms with Gasteiger partial charge < -0.3 is 14.8 Å². The third-order valence-corrected chi connectivity index (χ3v) is 3.66. The lowest BCUT2D eigenvalue weighted by Crippen LogP contribution is -2.12. The molecule has 0 spiro atoms. The van der Waals surface area contributed by atoms with Gasteiger partial charge in [0.15, 0.2) is 0 Å². The lowest BCUT2D eigenvalue weighted by molar-refractivity contribution is 0.102. The zero-order chi connectivity index (χ0) is 18.9. The molecule has 0 heterocycles. The molecule has 4 nitrogen and oxygen atoms in total. The summed E-state index contributed by atoms with van der Waals surface area (Å²) in [6.07, 6.45) is 0.996. The Morgan fingerprint density at radius 1 is 1.08 bits per heavy atom. The number of hydrogen-bond acceptors (Lipinski definition) is 3. The molecule has 2 aromatic carbocycles. The zero-order valence-corrected chi connectivity index (χ0v) is 15.7. The topological polar surface area (TPSA) is 47.6 Å². The largest absolute Gasteiger partial charge is 0.494 e. The summed E-state index contributed by atoms with van der Waals surface area (Å²) in [4.78, 5) is 12.4. The van der Waals surface area contributed by atoms with Crippen molar-refractivity contribution in [2.24, 2.45) is 5.92 Å². The van der Waals surface area contributed by atoms with Gasteiger partial charge in [0, 0.05) is 17.3 Å². The van der Waals surface area contributed by atoms with Crippen LogP contribution in [-0.4, -0.2) is 19.1 Å². The van der Waals surface area contributed by atoms with E-state index < -0.39 is 0 Å². The highest BCUT2D eigenvalue weighted by Gasteiger charge is 2.07. The quantitative estimate of drug-likeness (QED) is 0.621. The van der Waals surface area contributed by atoms with Gasteiger partial charge in [0.1, 0.15) is 18.1 Å². The Bertz CT molecular complexity index is 735. The van der Waals surface area contributed by atoms with Crippen molar-refractivity contribution in [1.82, 2.24) is 0 Å². The first-order valence-corrected chi connectivity index (χ1v) is 8.85. The van der Waals surface area contributed by atoms with E-state index in [9.17, 15) is 4.79 Å². The summed E-state index contributed by atoms with van der Waals surface area (Å²) in [6, 6.07) is 14.5. The van der Waals surface area contributed by atoms with Gasteiger partial charge in [0.25, 0.3) is 5.91 Å². The van der Waals surface area contributed by atoms with Crippen LogP contribution in [0.4, 0.5) is 5.69 Å². The third-order valence-electron chi connectivity index (χ3n) is 3.66. The second-order valence-electron chi connectivity index (χ2n) is 6.78. The molecule has 2 aromatic rings.